The molecule has 0 aromatic carbocycles. The van der Waals surface area contributed by atoms with Crippen LogP contribution >= 0.6 is 0 Å². The highest BCUT2D eigenvalue weighted by Gasteiger charge is 2.22. The van der Waals surface area contributed by atoms with Crippen molar-refractivity contribution in [2.24, 2.45) is 7.05 Å². The average Bonchev–Trinajstić information content (AvgIpc) is 3.21. The third-order valence-corrected chi connectivity index (χ3v) is 4.82. The molecule has 3 aromatic rings. The van der Waals surface area contributed by atoms with Crippen LogP contribution in [-0.2, 0) is 7.05 Å². The molecule has 2 N–H and O–H groups in total. The first-order valence-electron chi connectivity index (χ1n) is 8.69. The molecular weight excluding hydrogens is 300 g/mol. The fourth-order valence-corrected chi connectivity index (χ4v) is 3.74. The van der Waals surface area contributed by atoms with E-state index in [0.29, 0.717) is 6.04 Å². The van der Waals surface area contributed by atoms with E-state index in [0.717, 1.165) is 30.8 Å². The zero-order valence-electron chi connectivity index (χ0n) is 14.3. The maximum atomic E-state index is 4.52. The van der Waals surface area contributed by atoms with Crippen molar-refractivity contribution >= 4 is 16.7 Å². The van der Waals surface area contributed by atoms with Crippen molar-refractivity contribution in [3.63, 3.8) is 0 Å². The van der Waals surface area contributed by atoms with Gasteiger partial charge in [0, 0.05) is 61.6 Å². The second-order valence-electron chi connectivity index (χ2n) is 6.50. The summed E-state index contributed by atoms with van der Waals surface area (Å²) in [4.78, 5) is 10.3. The number of aromatic nitrogens is 4. The Morgan fingerprint density at radius 3 is 3.12 bits per heavy atom. The fraction of sp³-hybridized carbons (Fsp3) is 0.444. The van der Waals surface area contributed by atoms with Gasteiger partial charge in [0.1, 0.15) is 5.65 Å². The number of fused-ring (bicyclic) bond motifs is 1. The lowest BCUT2D eigenvalue weighted by Crippen LogP contribution is -2.45. The molecule has 1 atom stereocenters. The summed E-state index contributed by atoms with van der Waals surface area (Å²) in [5.74, 6) is 0. The molecule has 0 radical (unpaired) electrons. The number of aromatic amines is 1. The number of H-pyrrole nitrogens is 1. The molecule has 4 rings (SSSR count). The molecule has 4 heterocycles. The van der Waals surface area contributed by atoms with Gasteiger partial charge in [-0.05, 0) is 25.5 Å². The zero-order chi connectivity index (χ0) is 16.5. The lowest BCUT2D eigenvalue weighted by atomic mass is 10.0. The van der Waals surface area contributed by atoms with Crippen molar-refractivity contribution in [1.82, 2.24) is 25.1 Å². The molecule has 0 amide bonds. The van der Waals surface area contributed by atoms with E-state index in [-0.39, 0.29) is 0 Å². The van der Waals surface area contributed by atoms with Crippen LogP contribution in [0.5, 0.6) is 0 Å². The van der Waals surface area contributed by atoms with Gasteiger partial charge in [-0.25, -0.2) is 4.98 Å². The number of nitrogens with one attached hydrogen (secondary N) is 2. The molecule has 0 spiro atoms. The second-order valence-corrected chi connectivity index (χ2v) is 6.50. The molecule has 126 valence electrons. The molecule has 1 aliphatic rings. The number of nitrogens with zero attached hydrogens (tertiary/aromatic N) is 4. The third kappa shape index (κ3) is 2.67. The van der Waals surface area contributed by atoms with Gasteiger partial charge >= 0.3 is 0 Å². The SMILES string of the molecule is CCNC1CCCN(c2ccnc3[nH]cc(-c4cnn(C)c4)c23)C1. The minimum atomic E-state index is 0.563. The predicted octanol–water partition coefficient (Wildman–Crippen LogP) is 2.54. The lowest BCUT2D eigenvalue weighted by Gasteiger charge is -2.35. The van der Waals surface area contributed by atoms with Crippen LogP contribution in [0.1, 0.15) is 19.8 Å². The summed E-state index contributed by atoms with van der Waals surface area (Å²) < 4.78 is 1.84. The van der Waals surface area contributed by atoms with Gasteiger partial charge in [0.05, 0.1) is 11.6 Å². The molecule has 1 saturated heterocycles. The van der Waals surface area contributed by atoms with Crippen molar-refractivity contribution in [3.05, 3.63) is 30.9 Å². The van der Waals surface area contributed by atoms with Gasteiger partial charge in [0.2, 0.25) is 0 Å². The Balaban J connectivity index is 1.76. The molecule has 0 aliphatic carbocycles. The van der Waals surface area contributed by atoms with Crippen molar-refractivity contribution in [1.29, 1.82) is 0 Å². The lowest BCUT2D eigenvalue weighted by molar-refractivity contribution is 0.432. The maximum Gasteiger partial charge on any atom is 0.139 e. The Kier molecular flexibility index (Phi) is 3.98. The van der Waals surface area contributed by atoms with E-state index < -0.39 is 0 Å². The number of anilines is 1. The number of aryl methyl sites for hydroxylation is 1. The van der Waals surface area contributed by atoms with Crippen LogP contribution in [0.25, 0.3) is 22.2 Å². The fourth-order valence-electron chi connectivity index (χ4n) is 3.74. The molecule has 1 unspecified atom stereocenters. The highest BCUT2D eigenvalue weighted by molar-refractivity contribution is 6.02. The molecule has 1 aliphatic heterocycles. The summed E-state index contributed by atoms with van der Waals surface area (Å²) in [6.45, 7) is 5.34. The predicted molar refractivity (Wildman–Crippen MR) is 97.2 cm³/mol. The van der Waals surface area contributed by atoms with Gasteiger partial charge in [0.25, 0.3) is 0 Å². The van der Waals surface area contributed by atoms with Crippen LogP contribution < -0.4 is 10.2 Å². The van der Waals surface area contributed by atoms with Gasteiger partial charge in [-0.2, -0.15) is 5.10 Å². The van der Waals surface area contributed by atoms with E-state index in [2.05, 4.69) is 44.5 Å². The molecule has 6 heteroatoms. The van der Waals surface area contributed by atoms with Crippen LogP contribution in [-0.4, -0.2) is 45.4 Å². The smallest absolute Gasteiger partial charge is 0.139 e. The van der Waals surface area contributed by atoms with Crippen LogP contribution in [0, 0.1) is 0 Å². The number of hydrogen-bond acceptors (Lipinski definition) is 4. The minimum Gasteiger partial charge on any atom is -0.369 e. The van der Waals surface area contributed by atoms with Gasteiger partial charge in [-0.1, -0.05) is 6.92 Å². The van der Waals surface area contributed by atoms with Gasteiger partial charge in [-0.3, -0.25) is 4.68 Å². The summed E-state index contributed by atoms with van der Waals surface area (Å²) in [7, 11) is 1.95. The van der Waals surface area contributed by atoms with E-state index in [1.165, 1.54) is 29.5 Å². The Morgan fingerprint density at radius 2 is 2.33 bits per heavy atom. The average molecular weight is 324 g/mol. The normalized spacial score (nSPS) is 18.4. The van der Waals surface area contributed by atoms with Crippen molar-refractivity contribution < 1.29 is 0 Å². The largest absolute Gasteiger partial charge is 0.369 e. The molecule has 0 bridgehead atoms. The summed E-state index contributed by atoms with van der Waals surface area (Å²) >= 11 is 0. The van der Waals surface area contributed by atoms with Gasteiger partial charge < -0.3 is 15.2 Å². The first-order chi connectivity index (χ1) is 11.8. The van der Waals surface area contributed by atoms with Crippen molar-refractivity contribution in [2.45, 2.75) is 25.8 Å². The van der Waals surface area contributed by atoms with Crippen LogP contribution in [0.4, 0.5) is 5.69 Å². The van der Waals surface area contributed by atoms with Gasteiger partial charge in [0.15, 0.2) is 0 Å². The maximum absolute atomic E-state index is 4.52. The summed E-state index contributed by atoms with van der Waals surface area (Å²) in [6.07, 6.45) is 10.4. The monoisotopic (exact) mass is 324 g/mol. The Morgan fingerprint density at radius 1 is 1.42 bits per heavy atom. The molecule has 1 fully saturated rings. The number of piperidine rings is 1. The standard InChI is InChI=1S/C18H24N6/c1-3-19-14-5-4-8-24(12-14)16-6-7-20-18-17(16)15(10-21-18)13-9-22-23(2)11-13/h6-7,9-11,14,19H,3-5,8,12H2,1-2H3,(H,20,21). The van der Waals surface area contributed by atoms with E-state index in [4.69, 9.17) is 0 Å². The molecule has 24 heavy (non-hydrogen) atoms. The first-order valence-corrected chi connectivity index (χ1v) is 8.69. The Labute approximate surface area is 141 Å². The summed E-state index contributed by atoms with van der Waals surface area (Å²) in [5, 5.41) is 9.11. The number of pyridine rings is 1. The molecule has 6 nitrogen and oxygen atoms in total. The number of likely N-dealkylation sites (N-methyl/N-ethyl adjacent to an activating group) is 1. The quantitative estimate of drug-likeness (QED) is 0.774. The summed E-state index contributed by atoms with van der Waals surface area (Å²) in [5.41, 5.74) is 4.50. The van der Waals surface area contributed by atoms with Crippen LogP contribution in [0.15, 0.2) is 30.9 Å². The van der Waals surface area contributed by atoms with Crippen LogP contribution in [0.3, 0.4) is 0 Å². The van der Waals surface area contributed by atoms with E-state index in [1.807, 2.05) is 30.3 Å². The van der Waals surface area contributed by atoms with E-state index >= 15 is 0 Å². The van der Waals surface area contributed by atoms with Crippen molar-refractivity contribution in [2.75, 3.05) is 24.5 Å². The van der Waals surface area contributed by atoms with E-state index in [9.17, 15) is 0 Å². The zero-order valence-corrected chi connectivity index (χ0v) is 14.3. The Bertz CT molecular complexity index is 831. The topological polar surface area (TPSA) is 61.8 Å². The molecule has 3 aromatic heterocycles. The second kappa shape index (κ2) is 6.28. The van der Waals surface area contributed by atoms with E-state index in [1.54, 1.807) is 0 Å². The van der Waals surface area contributed by atoms with Crippen molar-refractivity contribution in [3.8, 4) is 11.1 Å². The highest BCUT2D eigenvalue weighted by Crippen LogP contribution is 2.35. The van der Waals surface area contributed by atoms with Gasteiger partial charge in [-0.15, -0.1) is 0 Å². The summed E-state index contributed by atoms with van der Waals surface area (Å²) in [6, 6.07) is 2.71. The number of rotatable bonds is 4. The number of hydrogen-bond donors (Lipinski definition) is 2. The minimum absolute atomic E-state index is 0.563. The first kappa shape index (κ1) is 15.2. The van der Waals surface area contributed by atoms with Crippen LogP contribution in [0.2, 0.25) is 0 Å². The molecule has 0 saturated carbocycles. The molecular formula is C18H24N6. The Hall–Kier alpha value is -2.34. The third-order valence-electron chi connectivity index (χ3n) is 4.82. The highest BCUT2D eigenvalue weighted by atomic mass is 15.2.